The van der Waals surface area contributed by atoms with Gasteiger partial charge in [-0.05, 0) is 13.0 Å². The number of aryl methyl sites for hydroxylation is 1. The molecule has 0 saturated carbocycles. The van der Waals surface area contributed by atoms with Crippen molar-refractivity contribution < 1.29 is 0 Å². The fourth-order valence-electron chi connectivity index (χ4n) is 1.09. The van der Waals surface area contributed by atoms with Gasteiger partial charge in [-0.25, -0.2) is 0 Å². The molecular weight excluding hydrogens is 150 g/mol. The highest BCUT2D eigenvalue weighted by Gasteiger charge is 1.96. The first-order chi connectivity index (χ1) is 5.75. The van der Waals surface area contributed by atoms with Crippen molar-refractivity contribution in [1.82, 2.24) is 4.57 Å². The van der Waals surface area contributed by atoms with Crippen LogP contribution in [0.15, 0.2) is 23.0 Å². The van der Waals surface area contributed by atoms with Crippen LogP contribution in [0.25, 0.3) is 0 Å². The van der Waals surface area contributed by atoms with Crippen molar-refractivity contribution in [3.8, 4) is 12.3 Å². The van der Waals surface area contributed by atoms with E-state index in [9.17, 15) is 4.79 Å². The summed E-state index contributed by atoms with van der Waals surface area (Å²) in [5.74, 6) is 2.51. The lowest BCUT2D eigenvalue weighted by Gasteiger charge is -2.05. The van der Waals surface area contributed by atoms with E-state index in [1.165, 1.54) is 0 Å². The lowest BCUT2D eigenvalue weighted by molar-refractivity contribution is 0.667. The molecule has 2 nitrogen and oxygen atoms in total. The first-order valence-electron chi connectivity index (χ1n) is 3.85. The SMILES string of the molecule is C#CCCn1c(C)cccc1=O. The normalized spacial score (nSPS) is 9.33. The summed E-state index contributed by atoms with van der Waals surface area (Å²) in [5.41, 5.74) is 0.975. The Morgan fingerprint density at radius 3 is 2.92 bits per heavy atom. The quantitative estimate of drug-likeness (QED) is 0.597. The summed E-state index contributed by atoms with van der Waals surface area (Å²) in [5, 5.41) is 0. The second-order valence-corrected chi connectivity index (χ2v) is 2.61. The van der Waals surface area contributed by atoms with Gasteiger partial charge in [0.1, 0.15) is 0 Å². The number of aromatic nitrogens is 1. The fourth-order valence-corrected chi connectivity index (χ4v) is 1.09. The summed E-state index contributed by atoms with van der Waals surface area (Å²) in [6, 6.07) is 5.20. The molecule has 0 aromatic carbocycles. The Labute approximate surface area is 71.8 Å². The number of pyridine rings is 1. The van der Waals surface area contributed by atoms with Crippen LogP contribution in [0.1, 0.15) is 12.1 Å². The summed E-state index contributed by atoms with van der Waals surface area (Å²) in [6.07, 6.45) is 5.71. The molecule has 0 atom stereocenters. The van der Waals surface area contributed by atoms with Gasteiger partial charge >= 0.3 is 0 Å². The number of rotatable bonds is 2. The molecule has 0 fully saturated rings. The van der Waals surface area contributed by atoms with Crippen LogP contribution in [-0.2, 0) is 6.54 Å². The molecule has 1 aromatic heterocycles. The highest BCUT2D eigenvalue weighted by Crippen LogP contribution is 1.94. The van der Waals surface area contributed by atoms with Crippen LogP contribution in [0, 0.1) is 19.3 Å². The average Bonchev–Trinajstić information content (AvgIpc) is 2.04. The zero-order valence-corrected chi connectivity index (χ0v) is 7.08. The van der Waals surface area contributed by atoms with Gasteiger partial charge in [0.15, 0.2) is 0 Å². The minimum Gasteiger partial charge on any atom is -0.312 e. The minimum absolute atomic E-state index is 0.0188. The van der Waals surface area contributed by atoms with E-state index in [1.807, 2.05) is 13.0 Å². The number of hydrogen-bond acceptors (Lipinski definition) is 1. The van der Waals surface area contributed by atoms with Crippen molar-refractivity contribution in [3.63, 3.8) is 0 Å². The van der Waals surface area contributed by atoms with Crippen molar-refractivity contribution in [2.45, 2.75) is 19.9 Å². The fraction of sp³-hybridized carbons (Fsp3) is 0.300. The van der Waals surface area contributed by atoms with Crippen LogP contribution < -0.4 is 5.56 Å². The Morgan fingerprint density at radius 2 is 2.33 bits per heavy atom. The third-order valence-electron chi connectivity index (χ3n) is 1.75. The van der Waals surface area contributed by atoms with Crippen LogP contribution in [0.5, 0.6) is 0 Å². The summed E-state index contributed by atoms with van der Waals surface area (Å²) < 4.78 is 1.68. The van der Waals surface area contributed by atoms with E-state index in [4.69, 9.17) is 6.42 Å². The van der Waals surface area contributed by atoms with Crippen LogP contribution in [0.2, 0.25) is 0 Å². The summed E-state index contributed by atoms with van der Waals surface area (Å²) >= 11 is 0. The van der Waals surface area contributed by atoms with Gasteiger partial charge in [0.25, 0.3) is 5.56 Å². The molecule has 0 radical (unpaired) electrons. The summed E-state index contributed by atoms with van der Waals surface area (Å²) in [4.78, 5) is 11.2. The van der Waals surface area contributed by atoms with E-state index in [0.29, 0.717) is 13.0 Å². The molecule has 0 bridgehead atoms. The smallest absolute Gasteiger partial charge is 0.250 e. The Morgan fingerprint density at radius 1 is 1.58 bits per heavy atom. The van der Waals surface area contributed by atoms with E-state index >= 15 is 0 Å². The van der Waals surface area contributed by atoms with E-state index in [1.54, 1.807) is 16.7 Å². The topological polar surface area (TPSA) is 22.0 Å². The molecule has 0 aliphatic carbocycles. The van der Waals surface area contributed by atoms with Gasteiger partial charge in [-0.15, -0.1) is 12.3 Å². The molecule has 12 heavy (non-hydrogen) atoms. The molecule has 0 saturated heterocycles. The Bertz CT molecular complexity index is 357. The Balaban J connectivity index is 2.98. The third kappa shape index (κ3) is 1.76. The van der Waals surface area contributed by atoms with Gasteiger partial charge in [0.05, 0.1) is 0 Å². The lowest BCUT2D eigenvalue weighted by atomic mass is 10.3. The monoisotopic (exact) mass is 161 g/mol. The standard InChI is InChI=1S/C10H11NO/c1-3-4-8-11-9(2)6-5-7-10(11)12/h1,5-7H,4,8H2,2H3. The maximum Gasteiger partial charge on any atom is 0.250 e. The number of terminal acetylenes is 1. The first kappa shape index (κ1) is 8.61. The molecule has 0 N–H and O–H groups in total. The molecule has 0 amide bonds. The van der Waals surface area contributed by atoms with E-state index in [0.717, 1.165) is 5.69 Å². The molecule has 1 rings (SSSR count). The highest BCUT2D eigenvalue weighted by molar-refractivity contribution is 5.04. The summed E-state index contributed by atoms with van der Waals surface area (Å²) in [7, 11) is 0. The average molecular weight is 161 g/mol. The molecule has 0 unspecified atom stereocenters. The zero-order valence-electron chi connectivity index (χ0n) is 7.08. The molecule has 62 valence electrons. The largest absolute Gasteiger partial charge is 0.312 e. The molecule has 1 aromatic rings. The second-order valence-electron chi connectivity index (χ2n) is 2.61. The maximum atomic E-state index is 11.2. The molecule has 0 spiro atoms. The zero-order chi connectivity index (χ0) is 8.97. The van der Waals surface area contributed by atoms with Gasteiger partial charge < -0.3 is 4.57 Å². The van der Waals surface area contributed by atoms with Gasteiger partial charge in [-0.1, -0.05) is 6.07 Å². The van der Waals surface area contributed by atoms with E-state index in [2.05, 4.69) is 5.92 Å². The van der Waals surface area contributed by atoms with Crippen LogP contribution in [-0.4, -0.2) is 4.57 Å². The highest BCUT2D eigenvalue weighted by atomic mass is 16.1. The lowest BCUT2D eigenvalue weighted by Crippen LogP contribution is -2.20. The van der Waals surface area contributed by atoms with Crippen molar-refractivity contribution in [2.75, 3.05) is 0 Å². The minimum atomic E-state index is 0.0188. The summed E-state index contributed by atoms with van der Waals surface area (Å²) in [6.45, 7) is 2.51. The predicted octanol–water partition coefficient (Wildman–Crippen LogP) is 1.18. The maximum absolute atomic E-state index is 11.2. The van der Waals surface area contributed by atoms with Crippen LogP contribution in [0.3, 0.4) is 0 Å². The van der Waals surface area contributed by atoms with E-state index < -0.39 is 0 Å². The molecule has 1 heterocycles. The van der Waals surface area contributed by atoms with Gasteiger partial charge in [0, 0.05) is 24.7 Å². The van der Waals surface area contributed by atoms with Gasteiger partial charge in [-0.3, -0.25) is 4.79 Å². The van der Waals surface area contributed by atoms with Crippen LogP contribution in [0.4, 0.5) is 0 Å². The second kappa shape index (κ2) is 3.77. The van der Waals surface area contributed by atoms with Crippen molar-refractivity contribution in [2.24, 2.45) is 0 Å². The van der Waals surface area contributed by atoms with Crippen molar-refractivity contribution in [3.05, 3.63) is 34.2 Å². The number of hydrogen-bond donors (Lipinski definition) is 0. The van der Waals surface area contributed by atoms with Crippen molar-refractivity contribution in [1.29, 1.82) is 0 Å². The predicted molar refractivity (Wildman–Crippen MR) is 48.9 cm³/mol. The molecule has 2 heteroatoms. The number of nitrogens with zero attached hydrogens (tertiary/aromatic N) is 1. The Kier molecular flexibility index (Phi) is 2.71. The first-order valence-corrected chi connectivity index (χ1v) is 3.85. The van der Waals surface area contributed by atoms with E-state index in [-0.39, 0.29) is 5.56 Å². The molecule has 0 aliphatic rings. The van der Waals surface area contributed by atoms with Crippen molar-refractivity contribution >= 4 is 0 Å². The third-order valence-corrected chi connectivity index (χ3v) is 1.75. The van der Waals surface area contributed by atoms with Gasteiger partial charge in [-0.2, -0.15) is 0 Å². The van der Waals surface area contributed by atoms with Crippen LogP contribution >= 0.6 is 0 Å². The molecule has 0 aliphatic heterocycles. The van der Waals surface area contributed by atoms with Gasteiger partial charge in [0.2, 0.25) is 0 Å². The Hall–Kier alpha value is -1.49. The molecular formula is C10H11NO.